The highest BCUT2D eigenvalue weighted by molar-refractivity contribution is 8.01. The van der Waals surface area contributed by atoms with Crippen LogP contribution in [0.2, 0.25) is 0 Å². The Hall–Kier alpha value is -0.370. The lowest BCUT2D eigenvalue weighted by atomic mass is 10.1. The second-order valence-electron chi connectivity index (χ2n) is 4.43. The largest absolute Gasteiger partial charge is 0.380 e. The number of rotatable bonds is 5. The van der Waals surface area contributed by atoms with Crippen molar-refractivity contribution in [3.05, 3.63) is 0 Å². The molecule has 0 spiro atoms. The highest BCUT2D eigenvalue weighted by atomic mass is 32.2. The Kier molecular flexibility index (Phi) is 5.23. The molecule has 2 atom stereocenters. The summed E-state index contributed by atoms with van der Waals surface area (Å²) in [5.41, 5.74) is 0. The summed E-state index contributed by atoms with van der Waals surface area (Å²) in [6.07, 6.45) is 1.07. The maximum absolute atomic E-state index is 5.57. The Labute approximate surface area is 116 Å². The van der Waals surface area contributed by atoms with E-state index in [4.69, 9.17) is 4.74 Å². The molecule has 0 amide bonds. The van der Waals surface area contributed by atoms with Crippen LogP contribution in [0.15, 0.2) is 4.34 Å². The minimum atomic E-state index is 0.432. The topological polar surface area (TPSA) is 50.3 Å². The van der Waals surface area contributed by atoms with Gasteiger partial charge in [-0.1, -0.05) is 30.0 Å². The standard InChI is InChI=1S/C11H20N4OS2/c1-4-12-8-5-6-16-7-9(8)17-11-14-13-10(18-11)15(2)3/h8-9,12H,4-7H2,1-3H3. The van der Waals surface area contributed by atoms with Gasteiger partial charge in [0.2, 0.25) is 5.13 Å². The van der Waals surface area contributed by atoms with Crippen molar-refractivity contribution in [3.8, 4) is 0 Å². The molecule has 1 aromatic heterocycles. The fourth-order valence-corrected chi connectivity index (χ4v) is 4.08. The number of anilines is 1. The van der Waals surface area contributed by atoms with Gasteiger partial charge in [0.25, 0.3) is 0 Å². The first-order valence-corrected chi connectivity index (χ1v) is 7.89. The molecule has 1 aromatic rings. The van der Waals surface area contributed by atoms with Crippen LogP contribution >= 0.6 is 23.1 Å². The number of hydrogen-bond donors (Lipinski definition) is 1. The van der Waals surface area contributed by atoms with E-state index in [9.17, 15) is 0 Å². The molecule has 2 rings (SSSR count). The van der Waals surface area contributed by atoms with Crippen LogP contribution in [0.1, 0.15) is 13.3 Å². The fourth-order valence-electron chi connectivity index (χ4n) is 1.88. The monoisotopic (exact) mass is 288 g/mol. The smallest absolute Gasteiger partial charge is 0.208 e. The quantitative estimate of drug-likeness (QED) is 0.885. The third kappa shape index (κ3) is 3.57. The molecule has 5 nitrogen and oxygen atoms in total. The molecule has 7 heteroatoms. The summed E-state index contributed by atoms with van der Waals surface area (Å²) in [6, 6.07) is 0.514. The average molecular weight is 288 g/mol. The van der Waals surface area contributed by atoms with Crippen molar-refractivity contribution >= 4 is 28.2 Å². The molecule has 1 fully saturated rings. The van der Waals surface area contributed by atoms with Gasteiger partial charge in [-0.3, -0.25) is 0 Å². The molecule has 18 heavy (non-hydrogen) atoms. The Bertz CT molecular complexity index is 370. The predicted octanol–water partition coefficient (Wildman–Crippen LogP) is 1.46. The SMILES string of the molecule is CCNC1CCOCC1Sc1nnc(N(C)C)s1. The molecule has 0 saturated carbocycles. The van der Waals surface area contributed by atoms with Gasteiger partial charge < -0.3 is 15.0 Å². The number of nitrogens with one attached hydrogen (secondary N) is 1. The van der Waals surface area contributed by atoms with Crippen LogP contribution < -0.4 is 10.2 Å². The third-order valence-corrected chi connectivity index (χ3v) is 5.28. The number of ether oxygens (including phenoxy) is 1. The molecule has 0 aliphatic carbocycles. The molecular formula is C11H20N4OS2. The van der Waals surface area contributed by atoms with Crippen molar-refractivity contribution < 1.29 is 4.74 Å². The normalized spacial score (nSPS) is 24.2. The van der Waals surface area contributed by atoms with Crippen LogP contribution in [0.4, 0.5) is 5.13 Å². The van der Waals surface area contributed by atoms with Gasteiger partial charge in [0.1, 0.15) is 0 Å². The van der Waals surface area contributed by atoms with E-state index in [0.717, 1.165) is 35.7 Å². The summed E-state index contributed by atoms with van der Waals surface area (Å²) in [6.45, 7) is 4.79. The van der Waals surface area contributed by atoms with Crippen molar-refractivity contribution in [2.45, 2.75) is 29.0 Å². The first kappa shape index (κ1) is 14.0. The summed E-state index contributed by atoms with van der Waals surface area (Å²) in [4.78, 5) is 1.99. The van der Waals surface area contributed by atoms with Crippen molar-refractivity contribution in [1.29, 1.82) is 0 Å². The van der Waals surface area contributed by atoms with E-state index in [2.05, 4.69) is 22.4 Å². The molecule has 102 valence electrons. The molecule has 2 unspecified atom stereocenters. The van der Waals surface area contributed by atoms with Crippen LogP contribution in [-0.2, 0) is 4.74 Å². The van der Waals surface area contributed by atoms with E-state index in [1.54, 1.807) is 23.1 Å². The molecule has 0 radical (unpaired) electrons. The number of thioether (sulfide) groups is 1. The summed E-state index contributed by atoms with van der Waals surface area (Å²) >= 11 is 3.42. The molecular weight excluding hydrogens is 268 g/mol. The molecule has 1 aliphatic rings. The lowest BCUT2D eigenvalue weighted by molar-refractivity contribution is 0.0837. The maximum Gasteiger partial charge on any atom is 0.208 e. The van der Waals surface area contributed by atoms with Gasteiger partial charge in [0.05, 0.1) is 11.9 Å². The number of aromatic nitrogens is 2. The molecule has 0 bridgehead atoms. The Morgan fingerprint density at radius 1 is 1.50 bits per heavy atom. The van der Waals surface area contributed by atoms with Gasteiger partial charge >= 0.3 is 0 Å². The first-order chi connectivity index (χ1) is 8.70. The zero-order valence-corrected chi connectivity index (χ0v) is 12.7. The zero-order chi connectivity index (χ0) is 13.0. The van der Waals surface area contributed by atoms with Crippen LogP contribution in [0.3, 0.4) is 0 Å². The van der Waals surface area contributed by atoms with Gasteiger partial charge in [-0.2, -0.15) is 0 Å². The van der Waals surface area contributed by atoms with Gasteiger partial charge in [-0.15, -0.1) is 10.2 Å². The third-order valence-electron chi connectivity index (χ3n) is 2.80. The molecule has 1 aliphatic heterocycles. The van der Waals surface area contributed by atoms with Crippen LogP contribution in [0, 0.1) is 0 Å². The highest BCUT2D eigenvalue weighted by Gasteiger charge is 2.27. The fraction of sp³-hybridized carbons (Fsp3) is 0.818. The molecule has 0 aromatic carbocycles. The Morgan fingerprint density at radius 2 is 2.33 bits per heavy atom. The van der Waals surface area contributed by atoms with Gasteiger partial charge in [0, 0.05) is 26.7 Å². The van der Waals surface area contributed by atoms with Gasteiger partial charge in [-0.25, -0.2) is 0 Å². The number of hydrogen-bond acceptors (Lipinski definition) is 7. The molecule has 1 saturated heterocycles. The van der Waals surface area contributed by atoms with Crippen molar-refractivity contribution in [2.24, 2.45) is 0 Å². The van der Waals surface area contributed by atoms with E-state index >= 15 is 0 Å². The lowest BCUT2D eigenvalue weighted by Gasteiger charge is -2.30. The van der Waals surface area contributed by atoms with E-state index in [1.807, 2.05) is 19.0 Å². The molecule has 1 N–H and O–H groups in total. The summed E-state index contributed by atoms with van der Waals surface area (Å²) < 4.78 is 6.60. The van der Waals surface area contributed by atoms with Crippen molar-refractivity contribution in [1.82, 2.24) is 15.5 Å². The molecule has 2 heterocycles. The minimum Gasteiger partial charge on any atom is -0.380 e. The van der Waals surface area contributed by atoms with Gasteiger partial charge in [0.15, 0.2) is 4.34 Å². The minimum absolute atomic E-state index is 0.432. The van der Waals surface area contributed by atoms with Crippen LogP contribution in [0.5, 0.6) is 0 Å². The Morgan fingerprint density at radius 3 is 3.00 bits per heavy atom. The summed E-state index contributed by atoms with van der Waals surface area (Å²) in [7, 11) is 3.97. The van der Waals surface area contributed by atoms with E-state index in [0.29, 0.717) is 11.3 Å². The van der Waals surface area contributed by atoms with Crippen molar-refractivity contribution in [2.75, 3.05) is 38.8 Å². The Balaban J connectivity index is 1.97. The van der Waals surface area contributed by atoms with E-state index in [-0.39, 0.29) is 0 Å². The zero-order valence-electron chi connectivity index (χ0n) is 11.0. The summed E-state index contributed by atoms with van der Waals surface area (Å²) in [5.74, 6) is 0. The predicted molar refractivity (Wildman–Crippen MR) is 76.8 cm³/mol. The average Bonchev–Trinajstić information content (AvgIpc) is 2.81. The first-order valence-electron chi connectivity index (χ1n) is 6.19. The van der Waals surface area contributed by atoms with Crippen molar-refractivity contribution in [3.63, 3.8) is 0 Å². The summed E-state index contributed by atoms with van der Waals surface area (Å²) in [5, 5.41) is 13.3. The van der Waals surface area contributed by atoms with Crippen LogP contribution in [-0.4, -0.2) is 55.3 Å². The van der Waals surface area contributed by atoms with Crippen LogP contribution in [0.25, 0.3) is 0 Å². The second-order valence-corrected chi connectivity index (χ2v) is 6.87. The van der Waals surface area contributed by atoms with Gasteiger partial charge in [-0.05, 0) is 13.0 Å². The van der Waals surface area contributed by atoms with E-state index < -0.39 is 0 Å². The second kappa shape index (κ2) is 6.70. The maximum atomic E-state index is 5.57. The van der Waals surface area contributed by atoms with E-state index in [1.165, 1.54) is 0 Å². The lowest BCUT2D eigenvalue weighted by Crippen LogP contribution is -2.44. The highest BCUT2D eigenvalue weighted by Crippen LogP contribution is 2.33. The number of nitrogens with zero attached hydrogens (tertiary/aromatic N) is 3.